The number of carbonyl (C=O) groups excluding carboxylic acids is 3. The highest BCUT2D eigenvalue weighted by Gasteiger charge is 2.68. The van der Waals surface area contributed by atoms with Gasteiger partial charge in [-0.2, -0.15) is 26.3 Å². The van der Waals surface area contributed by atoms with E-state index in [1.54, 1.807) is 0 Å². The summed E-state index contributed by atoms with van der Waals surface area (Å²) in [6.07, 6.45) is -13.9. The van der Waals surface area contributed by atoms with Crippen molar-refractivity contribution in [3.63, 3.8) is 0 Å². The van der Waals surface area contributed by atoms with Crippen molar-refractivity contribution in [3.8, 4) is 0 Å². The molecule has 0 spiro atoms. The van der Waals surface area contributed by atoms with Crippen LogP contribution in [0.25, 0.3) is 0 Å². The van der Waals surface area contributed by atoms with Crippen molar-refractivity contribution >= 4 is 58.0 Å². The Bertz CT molecular complexity index is 1690. The predicted octanol–water partition coefficient (Wildman–Crippen LogP) is 9.08. The molecular weight excluding hydrogens is 700 g/mol. The highest BCUT2D eigenvalue weighted by atomic mass is 35.5. The first kappa shape index (κ1) is 35.6. The van der Waals surface area contributed by atoms with Crippen LogP contribution in [0.4, 0.5) is 45.2 Å². The minimum atomic E-state index is -5.15. The van der Waals surface area contributed by atoms with Gasteiger partial charge in [0, 0.05) is 35.6 Å². The van der Waals surface area contributed by atoms with Gasteiger partial charge in [-0.15, -0.1) is 23.2 Å². The molecule has 16 heteroatoms. The molecule has 0 radical (unpaired) electrons. The number of halogens is 12. The lowest BCUT2D eigenvalue weighted by molar-refractivity contribution is -0.143. The largest absolute Gasteiger partial charge is 0.416 e. The number of hydrogen-bond acceptors (Lipinski definition) is 3. The van der Waals surface area contributed by atoms with Crippen LogP contribution >= 0.6 is 34.8 Å². The molecule has 1 aliphatic carbocycles. The maximum atomic E-state index is 15.0. The molecule has 3 aromatic rings. The molecular formula is C30H19Cl3F9NO3. The Morgan fingerprint density at radius 1 is 0.891 bits per heavy atom. The van der Waals surface area contributed by atoms with Crippen LogP contribution in [0.1, 0.15) is 51.0 Å². The van der Waals surface area contributed by atoms with E-state index in [0.29, 0.717) is 12.1 Å². The van der Waals surface area contributed by atoms with Gasteiger partial charge in [-0.3, -0.25) is 14.4 Å². The Kier molecular flexibility index (Phi) is 9.84. The third kappa shape index (κ3) is 7.47. The Hall–Kier alpha value is -3.29. The number of carbonyl (C=O) groups is 3. The van der Waals surface area contributed by atoms with Gasteiger partial charge in [-0.1, -0.05) is 17.7 Å². The van der Waals surface area contributed by atoms with Gasteiger partial charge in [0.05, 0.1) is 22.1 Å². The van der Waals surface area contributed by atoms with Gasteiger partial charge >= 0.3 is 12.4 Å². The predicted molar refractivity (Wildman–Crippen MR) is 151 cm³/mol. The third-order valence-electron chi connectivity index (χ3n) is 7.25. The number of alkyl halides is 9. The Morgan fingerprint density at radius 3 is 2.02 bits per heavy atom. The second kappa shape index (κ2) is 12.7. The monoisotopic (exact) mass is 717 g/mol. The second-order valence-corrected chi connectivity index (χ2v) is 12.4. The summed E-state index contributed by atoms with van der Waals surface area (Å²) in [6.45, 7) is 0.901. The number of nitrogens with one attached hydrogen (secondary N) is 1. The first-order chi connectivity index (χ1) is 21.1. The van der Waals surface area contributed by atoms with E-state index in [4.69, 9.17) is 34.8 Å². The van der Waals surface area contributed by atoms with Crippen LogP contribution in [0, 0.1) is 17.6 Å². The molecule has 246 valence electrons. The number of Topliss-reactive ketones (excluding diaryl/α,β-unsaturated/α-hetero) is 2. The normalized spacial score (nSPS) is 18.2. The van der Waals surface area contributed by atoms with Crippen LogP contribution in [0.3, 0.4) is 0 Å². The van der Waals surface area contributed by atoms with Crippen LogP contribution < -0.4 is 5.32 Å². The lowest BCUT2D eigenvalue weighted by Crippen LogP contribution is -2.18. The summed E-state index contributed by atoms with van der Waals surface area (Å²) in [5.41, 5.74) is -5.29. The standard InChI is InChI=1S/C30H19Cl3F9NO3/c1-12(34)22(44)11-19-21(35)5-2-13(26(19)36)8-23(45)18-10-17(3-4-20(18)31)43-27(46)25-24(28(25,32)33)14-6-15(29(37,38)39)9-16(7-14)30(40,41)42/h2-7,9-10,12,24-25H,8,11H2,1H3,(H,43,46)/t12?,24-,25+/m0/s1. The summed E-state index contributed by atoms with van der Waals surface area (Å²) in [7, 11) is 0. The second-order valence-electron chi connectivity index (χ2n) is 10.5. The van der Waals surface area contributed by atoms with Gasteiger partial charge in [-0.05, 0) is 60.5 Å². The fourth-order valence-electron chi connectivity index (χ4n) is 4.79. The zero-order valence-corrected chi connectivity index (χ0v) is 25.3. The van der Waals surface area contributed by atoms with Crippen LogP contribution in [0.5, 0.6) is 0 Å². The molecule has 1 aliphatic rings. The molecule has 1 fully saturated rings. The van der Waals surface area contributed by atoms with E-state index in [9.17, 15) is 49.5 Å². The van der Waals surface area contributed by atoms with E-state index >= 15 is 4.39 Å². The summed E-state index contributed by atoms with van der Waals surface area (Å²) in [6, 6.07) is 5.94. The van der Waals surface area contributed by atoms with Gasteiger partial charge in [0.2, 0.25) is 5.91 Å². The van der Waals surface area contributed by atoms with Crippen molar-refractivity contribution in [2.24, 2.45) is 5.92 Å². The summed E-state index contributed by atoms with van der Waals surface area (Å²) in [5, 5.41) is 2.17. The van der Waals surface area contributed by atoms with Gasteiger partial charge in [-0.25, -0.2) is 13.2 Å². The first-order valence-electron chi connectivity index (χ1n) is 13.1. The maximum absolute atomic E-state index is 15.0. The Balaban J connectivity index is 1.56. The smallest absolute Gasteiger partial charge is 0.326 e. The summed E-state index contributed by atoms with van der Waals surface area (Å²) in [5.74, 6) is -8.29. The number of anilines is 1. The van der Waals surface area contributed by atoms with E-state index in [0.717, 1.165) is 25.1 Å². The molecule has 1 N–H and O–H groups in total. The molecule has 0 heterocycles. The van der Waals surface area contributed by atoms with Gasteiger partial charge < -0.3 is 5.32 Å². The molecule has 0 aliphatic heterocycles. The summed E-state index contributed by atoms with van der Waals surface area (Å²) in [4.78, 5) is 37.8. The minimum absolute atomic E-state index is 0.0833. The number of rotatable bonds is 9. The molecule has 0 bridgehead atoms. The molecule has 0 saturated heterocycles. The first-order valence-corrected chi connectivity index (χ1v) is 14.2. The lowest BCUT2D eigenvalue weighted by atomic mass is 9.97. The van der Waals surface area contributed by atoms with Gasteiger partial charge in [0.15, 0.2) is 17.7 Å². The van der Waals surface area contributed by atoms with Crippen LogP contribution in [0.15, 0.2) is 48.5 Å². The Labute approximate surface area is 269 Å². The van der Waals surface area contributed by atoms with Gasteiger partial charge in [0.25, 0.3) is 0 Å². The van der Waals surface area contributed by atoms with Crippen LogP contribution in [-0.4, -0.2) is 28.0 Å². The van der Waals surface area contributed by atoms with E-state index in [-0.39, 0.29) is 27.9 Å². The topological polar surface area (TPSA) is 63.2 Å². The van der Waals surface area contributed by atoms with Crippen LogP contribution in [-0.2, 0) is 34.8 Å². The fourth-order valence-corrected chi connectivity index (χ4v) is 5.84. The molecule has 0 aromatic heterocycles. The number of ketones is 2. The van der Waals surface area contributed by atoms with E-state index in [1.165, 1.54) is 12.1 Å². The van der Waals surface area contributed by atoms with Crippen molar-refractivity contribution < 1.29 is 53.9 Å². The van der Waals surface area contributed by atoms with E-state index < -0.39 is 98.9 Å². The van der Waals surface area contributed by atoms with Crippen molar-refractivity contribution in [1.82, 2.24) is 0 Å². The van der Waals surface area contributed by atoms with Crippen molar-refractivity contribution in [3.05, 3.63) is 98.6 Å². The minimum Gasteiger partial charge on any atom is -0.326 e. The maximum Gasteiger partial charge on any atom is 0.416 e. The Morgan fingerprint density at radius 2 is 1.48 bits per heavy atom. The average molecular weight is 719 g/mol. The summed E-state index contributed by atoms with van der Waals surface area (Å²) >= 11 is 18.4. The highest BCUT2D eigenvalue weighted by Crippen LogP contribution is 2.65. The van der Waals surface area contributed by atoms with Gasteiger partial charge in [0.1, 0.15) is 16.0 Å². The average Bonchev–Trinajstić information content (AvgIpc) is 3.53. The molecule has 3 aromatic carbocycles. The molecule has 1 amide bonds. The SMILES string of the molecule is CC(F)C(=O)Cc1c(F)ccc(CC(=O)c2cc(NC(=O)[C@H]3[C@H](c4cc(C(F)(F)F)cc(C(F)(F)F)c4)C3(Cl)Cl)ccc2Cl)c1F. The molecule has 4 nitrogen and oxygen atoms in total. The third-order valence-corrected chi connectivity index (χ3v) is 8.52. The van der Waals surface area contributed by atoms with Crippen molar-refractivity contribution in [2.75, 3.05) is 5.32 Å². The highest BCUT2D eigenvalue weighted by molar-refractivity contribution is 6.53. The summed E-state index contributed by atoms with van der Waals surface area (Å²) < 4.78 is 120. The molecule has 1 unspecified atom stereocenters. The zero-order chi connectivity index (χ0) is 34.5. The van der Waals surface area contributed by atoms with Crippen molar-refractivity contribution in [2.45, 2.75) is 48.5 Å². The lowest BCUT2D eigenvalue weighted by Gasteiger charge is -2.14. The fraction of sp³-hybridized carbons (Fsp3) is 0.300. The van der Waals surface area contributed by atoms with Crippen LogP contribution in [0.2, 0.25) is 5.02 Å². The van der Waals surface area contributed by atoms with E-state index in [2.05, 4.69) is 5.32 Å². The quantitative estimate of drug-likeness (QED) is 0.137. The zero-order valence-electron chi connectivity index (χ0n) is 23.0. The molecule has 1 saturated carbocycles. The number of benzene rings is 3. The van der Waals surface area contributed by atoms with E-state index in [1.807, 2.05) is 0 Å². The molecule has 46 heavy (non-hydrogen) atoms. The van der Waals surface area contributed by atoms with Crippen molar-refractivity contribution in [1.29, 1.82) is 0 Å². The number of amides is 1. The number of hydrogen-bond donors (Lipinski definition) is 1. The molecule has 3 atom stereocenters. The molecule has 4 rings (SSSR count).